The van der Waals surface area contributed by atoms with Crippen LogP contribution in [0.15, 0.2) is 0 Å². The molecule has 0 aromatic carbocycles. The van der Waals surface area contributed by atoms with Crippen molar-refractivity contribution in [1.82, 2.24) is 0 Å². The Morgan fingerprint density at radius 2 is 2.33 bits per heavy atom. The minimum atomic E-state index is -2.80. The van der Waals surface area contributed by atoms with Crippen molar-refractivity contribution in [1.29, 1.82) is 0 Å². The van der Waals surface area contributed by atoms with Gasteiger partial charge < -0.3 is 10.5 Å². The van der Waals surface area contributed by atoms with Crippen LogP contribution in [-0.2, 0) is 14.6 Å². The minimum Gasteiger partial charge on any atom is -0.380 e. The van der Waals surface area contributed by atoms with E-state index in [2.05, 4.69) is 0 Å². The van der Waals surface area contributed by atoms with Gasteiger partial charge in [-0.2, -0.15) is 0 Å². The summed E-state index contributed by atoms with van der Waals surface area (Å²) in [6.45, 7) is 0.399. The SMILES string of the molecule is COC(CN)C1CCS(=O)(=O)C1. The smallest absolute Gasteiger partial charge is 0.150 e. The summed E-state index contributed by atoms with van der Waals surface area (Å²) in [5, 5.41) is 0. The molecule has 2 atom stereocenters. The van der Waals surface area contributed by atoms with E-state index in [-0.39, 0.29) is 23.5 Å². The summed E-state index contributed by atoms with van der Waals surface area (Å²) >= 11 is 0. The molecule has 12 heavy (non-hydrogen) atoms. The summed E-state index contributed by atoms with van der Waals surface area (Å²) in [4.78, 5) is 0. The van der Waals surface area contributed by atoms with Crippen molar-refractivity contribution in [3.05, 3.63) is 0 Å². The summed E-state index contributed by atoms with van der Waals surface area (Å²) in [6, 6.07) is 0. The molecule has 1 saturated heterocycles. The van der Waals surface area contributed by atoms with Gasteiger partial charge in [0.1, 0.15) is 0 Å². The Labute approximate surface area is 73.0 Å². The zero-order valence-electron chi connectivity index (χ0n) is 7.19. The standard InChI is InChI=1S/C7H15NO3S/c1-11-7(4-8)6-2-3-12(9,10)5-6/h6-7H,2-5,8H2,1H3. The van der Waals surface area contributed by atoms with Gasteiger partial charge in [-0.1, -0.05) is 0 Å². The van der Waals surface area contributed by atoms with Gasteiger partial charge in [-0.3, -0.25) is 0 Å². The molecule has 1 aliphatic heterocycles. The van der Waals surface area contributed by atoms with Crippen LogP contribution >= 0.6 is 0 Å². The molecule has 72 valence electrons. The van der Waals surface area contributed by atoms with Crippen molar-refractivity contribution in [2.45, 2.75) is 12.5 Å². The van der Waals surface area contributed by atoms with E-state index < -0.39 is 9.84 Å². The van der Waals surface area contributed by atoms with Gasteiger partial charge in [-0.15, -0.1) is 0 Å². The van der Waals surface area contributed by atoms with Crippen molar-refractivity contribution in [2.24, 2.45) is 11.7 Å². The molecule has 5 heteroatoms. The van der Waals surface area contributed by atoms with E-state index in [1.54, 1.807) is 7.11 Å². The van der Waals surface area contributed by atoms with E-state index in [1.807, 2.05) is 0 Å². The first-order valence-electron chi connectivity index (χ1n) is 4.02. The van der Waals surface area contributed by atoms with Gasteiger partial charge in [-0.25, -0.2) is 8.42 Å². The van der Waals surface area contributed by atoms with Crippen LogP contribution in [-0.4, -0.2) is 39.7 Å². The molecular formula is C7H15NO3S. The fourth-order valence-corrected chi connectivity index (χ4v) is 3.46. The molecule has 0 aliphatic carbocycles. The molecule has 1 rings (SSSR count). The molecule has 0 spiro atoms. The van der Waals surface area contributed by atoms with Crippen LogP contribution in [0.2, 0.25) is 0 Å². The van der Waals surface area contributed by atoms with Gasteiger partial charge in [0, 0.05) is 19.6 Å². The van der Waals surface area contributed by atoms with Crippen molar-refractivity contribution in [3.8, 4) is 0 Å². The summed E-state index contributed by atoms with van der Waals surface area (Å²) in [6.07, 6.45) is 0.597. The molecule has 0 amide bonds. The second kappa shape index (κ2) is 3.72. The Morgan fingerprint density at radius 3 is 2.67 bits per heavy atom. The highest BCUT2D eigenvalue weighted by Crippen LogP contribution is 2.22. The van der Waals surface area contributed by atoms with E-state index in [9.17, 15) is 8.42 Å². The molecular weight excluding hydrogens is 178 g/mol. The Hall–Kier alpha value is -0.130. The molecule has 0 aromatic heterocycles. The predicted molar refractivity (Wildman–Crippen MR) is 46.6 cm³/mol. The van der Waals surface area contributed by atoms with E-state index in [4.69, 9.17) is 10.5 Å². The lowest BCUT2D eigenvalue weighted by atomic mass is 10.0. The molecule has 4 nitrogen and oxygen atoms in total. The monoisotopic (exact) mass is 193 g/mol. The Bertz CT molecular complexity index is 233. The largest absolute Gasteiger partial charge is 0.380 e. The van der Waals surface area contributed by atoms with E-state index in [0.29, 0.717) is 13.0 Å². The van der Waals surface area contributed by atoms with Crippen LogP contribution in [0.25, 0.3) is 0 Å². The van der Waals surface area contributed by atoms with Crippen LogP contribution in [0.4, 0.5) is 0 Å². The zero-order valence-corrected chi connectivity index (χ0v) is 8.01. The number of hydrogen-bond donors (Lipinski definition) is 1. The lowest BCUT2D eigenvalue weighted by molar-refractivity contribution is 0.0680. The average molecular weight is 193 g/mol. The van der Waals surface area contributed by atoms with Crippen LogP contribution in [0.5, 0.6) is 0 Å². The molecule has 1 aliphatic rings. The van der Waals surface area contributed by atoms with Crippen LogP contribution < -0.4 is 5.73 Å². The summed E-state index contributed by atoms with van der Waals surface area (Å²) in [7, 11) is -1.22. The van der Waals surface area contributed by atoms with E-state index in [1.165, 1.54) is 0 Å². The zero-order chi connectivity index (χ0) is 9.19. The van der Waals surface area contributed by atoms with E-state index in [0.717, 1.165) is 0 Å². The van der Waals surface area contributed by atoms with E-state index >= 15 is 0 Å². The third-order valence-electron chi connectivity index (χ3n) is 2.33. The van der Waals surface area contributed by atoms with Crippen molar-refractivity contribution in [2.75, 3.05) is 25.2 Å². The maximum absolute atomic E-state index is 11.1. The summed E-state index contributed by atoms with van der Waals surface area (Å²) in [5.74, 6) is 0.630. The Balaban J connectivity index is 2.56. The molecule has 0 saturated carbocycles. The highest BCUT2D eigenvalue weighted by molar-refractivity contribution is 7.91. The van der Waals surface area contributed by atoms with Crippen LogP contribution in [0.3, 0.4) is 0 Å². The van der Waals surface area contributed by atoms with Gasteiger partial charge in [0.05, 0.1) is 17.6 Å². The third-order valence-corrected chi connectivity index (χ3v) is 4.12. The third kappa shape index (κ3) is 2.18. The maximum atomic E-state index is 11.1. The summed E-state index contributed by atoms with van der Waals surface area (Å²) < 4.78 is 27.2. The second-order valence-corrected chi connectivity index (χ2v) is 5.40. The van der Waals surface area contributed by atoms with Crippen LogP contribution in [0, 0.1) is 5.92 Å². The lowest BCUT2D eigenvalue weighted by Crippen LogP contribution is -2.31. The number of hydrogen-bond acceptors (Lipinski definition) is 4. The van der Waals surface area contributed by atoms with Crippen molar-refractivity contribution >= 4 is 9.84 Å². The number of sulfone groups is 1. The first kappa shape index (κ1) is 9.95. The van der Waals surface area contributed by atoms with Crippen molar-refractivity contribution in [3.63, 3.8) is 0 Å². The molecule has 2 unspecified atom stereocenters. The normalized spacial score (nSPS) is 30.3. The highest BCUT2D eigenvalue weighted by Gasteiger charge is 2.32. The molecule has 2 N–H and O–H groups in total. The maximum Gasteiger partial charge on any atom is 0.150 e. The average Bonchev–Trinajstić information content (AvgIpc) is 2.34. The molecule has 0 aromatic rings. The number of rotatable bonds is 3. The molecule has 1 heterocycles. The quantitative estimate of drug-likeness (QED) is 0.649. The first-order chi connectivity index (χ1) is 5.59. The number of nitrogens with two attached hydrogens (primary N) is 1. The molecule has 0 radical (unpaired) electrons. The fraction of sp³-hybridized carbons (Fsp3) is 1.00. The van der Waals surface area contributed by atoms with Crippen LogP contribution in [0.1, 0.15) is 6.42 Å². The minimum absolute atomic E-state index is 0.0951. The van der Waals surface area contributed by atoms with Gasteiger partial charge in [0.25, 0.3) is 0 Å². The number of ether oxygens (including phenoxy) is 1. The first-order valence-corrected chi connectivity index (χ1v) is 5.84. The van der Waals surface area contributed by atoms with Gasteiger partial charge in [0.15, 0.2) is 9.84 Å². The topological polar surface area (TPSA) is 69.4 Å². The second-order valence-electron chi connectivity index (χ2n) is 3.17. The van der Waals surface area contributed by atoms with Gasteiger partial charge in [0.2, 0.25) is 0 Å². The summed E-state index contributed by atoms with van der Waals surface area (Å²) in [5.41, 5.74) is 5.43. The molecule has 0 bridgehead atoms. The highest BCUT2D eigenvalue weighted by atomic mass is 32.2. The molecule has 1 fully saturated rings. The van der Waals surface area contributed by atoms with Crippen molar-refractivity contribution < 1.29 is 13.2 Å². The van der Waals surface area contributed by atoms with Gasteiger partial charge >= 0.3 is 0 Å². The number of methoxy groups -OCH3 is 1. The fourth-order valence-electron chi connectivity index (χ4n) is 1.60. The predicted octanol–water partition coefficient (Wildman–Crippen LogP) is -0.605. The Kier molecular flexibility index (Phi) is 3.09. The lowest BCUT2D eigenvalue weighted by Gasteiger charge is -2.18. The van der Waals surface area contributed by atoms with Gasteiger partial charge in [-0.05, 0) is 6.42 Å². The Morgan fingerprint density at radius 1 is 1.67 bits per heavy atom.